The summed E-state index contributed by atoms with van der Waals surface area (Å²) in [4.78, 5) is 12.0. The van der Waals surface area contributed by atoms with Gasteiger partial charge in [-0.1, -0.05) is 12.1 Å². The Labute approximate surface area is 155 Å². The predicted molar refractivity (Wildman–Crippen MR) is 102 cm³/mol. The minimum absolute atomic E-state index is 0.0535. The molecule has 0 bridgehead atoms. The molecule has 2 aromatic carbocycles. The van der Waals surface area contributed by atoms with Crippen LogP contribution in [0.5, 0.6) is 17.2 Å². The number of hydrogen-bond donors (Lipinski definition) is 1. The van der Waals surface area contributed by atoms with E-state index in [-0.39, 0.29) is 5.91 Å². The van der Waals surface area contributed by atoms with E-state index in [2.05, 4.69) is 11.4 Å². The average Bonchev–Trinajstić information content (AvgIpc) is 2.60. The van der Waals surface area contributed by atoms with Crippen molar-refractivity contribution in [2.24, 2.45) is 0 Å². The van der Waals surface area contributed by atoms with Gasteiger partial charge in [-0.25, -0.2) is 0 Å². The molecule has 0 saturated carbocycles. The third-order valence-electron chi connectivity index (χ3n) is 3.81. The Morgan fingerprint density at radius 1 is 1.00 bits per heavy atom. The van der Waals surface area contributed by atoms with Gasteiger partial charge < -0.3 is 19.5 Å². The molecule has 0 fully saturated rings. The van der Waals surface area contributed by atoms with Crippen molar-refractivity contribution in [2.45, 2.75) is 33.7 Å². The van der Waals surface area contributed by atoms with Crippen LogP contribution in [0.4, 0.5) is 0 Å². The van der Waals surface area contributed by atoms with Crippen molar-refractivity contribution in [3.63, 3.8) is 0 Å². The number of methoxy groups -OCH3 is 1. The summed E-state index contributed by atoms with van der Waals surface area (Å²) in [7, 11) is 1.60. The lowest BCUT2D eigenvalue weighted by atomic mass is 10.1. The van der Waals surface area contributed by atoms with Gasteiger partial charge in [0.1, 0.15) is 5.75 Å². The van der Waals surface area contributed by atoms with Crippen LogP contribution in [0, 0.1) is 13.8 Å². The lowest BCUT2D eigenvalue weighted by molar-refractivity contribution is -0.121. The number of benzene rings is 2. The highest BCUT2D eigenvalue weighted by Gasteiger charge is 2.07. The zero-order chi connectivity index (χ0) is 18.9. The Hall–Kier alpha value is -2.69. The molecule has 0 aliphatic carbocycles. The zero-order valence-corrected chi connectivity index (χ0v) is 15.9. The SMILES string of the molecule is CCOc1ccc(CNC(=O)CCOc2cc(C)cc(C)c2)cc1OC. The van der Waals surface area contributed by atoms with E-state index in [1.54, 1.807) is 7.11 Å². The van der Waals surface area contributed by atoms with Crippen LogP contribution in [0.3, 0.4) is 0 Å². The largest absolute Gasteiger partial charge is 0.493 e. The molecular formula is C21H27NO4. The minimum atomic E-state index is -0.0535. The van der Waals surface area contributed by atoms with E-state index in [0.29, 0.717) is 37.7 Å². The molecule has 0 radical (unpaired) electrons. The fourth-order valence-corrected chi connectivity index (χ4v) is 2.66. The highest BCUT2D eigenvalue weighted by Crippen LogP contribution is 2.27. The minimum Gasteiger partial charge on any atom is -0.493 e. The Bertz CT molecular complexity index is 723. The molecule has 5 nitrogen and oxygen atoms in total. The molecule has 1 N–H and O–H groups in total. The fourth-order valence-electron chi connectivity index (χ4n) is 2.66. The van der Waals surface area contributed by atoms with Crippen molar-refractivity contribution in [3.05, 3.63) is 53.1 Å². The first-order valence-electron chi connectivity index (χ1n) is 8.79. The highest BCUT2D eigenvalue weighted by atomic mass is 16.5. The summed E-state index contributed by atoms with van der Waals surface area (Å²) in [5.41, 5.74) is 3.25. The van der Waals surface area contributed by atoms with E-state index < -0.39 is 0 Å². The molecule has 0 atom stereocenters. The molecule has 1 amide bonds. The van der Waals surface area contributed by atoms with Crippen molar-refractivity contribution in [1.29, 1.82) is 0 Å². The maximum absolute atomic E-state index is 12.0. The predicted octanol–water partition coefficient (Wildman–Crippen LogP) is 3.80. The maximum Gasteiger partial charge on any atom is 0.223 e. The first-order chi connectivity index (χ1) is 12.5. The summed E-state index contributed by atoms with van der Waals surface area (Å²) in [5, 5.41) is 2.90. The number of ether oxygens (including phenoxy) is 3. The lowest BCUT2D eigenvalue weighted by Gasteiger charge is -2.12. The standard InChI is InChI=1S/C21H27NO4/c1-5-25-19-7-6-17(13-20(19)24-4)14-22-21(23)8-9-26-18-11-15(2)10-16(3)12-18/h6-7,10-13H,5,8-9,14H2,1-4H3,(H,22,23). The fraction of sp³-hybridized carbons (Fsp3) is 0.381. The van der Waals surface area contributed by atoms with E-state index >= 15 is 0 Å². The average molecular weight is 357 g/mol. The van der Waals surface area contributed by atoms with Gasteiger partial charge in [-0.05, 0) is 61.7 Å². The summed E-state index contributed by atoms with van der Waals surface area (Å²) in [6, 6.07) is 11.7. The van der Waals surface area contributed by atoms with Gasteiger partial charge in [0.05, 0.1) is 26.7 Å². The summed E-state index contributed by atoms with van der Waals surface area (Å²) in [6.07, 6.45) is 0.307. The molecule has 0 spiro atoms. The Morgan fingerprint density at radius 2 is 1.73 bits per heavy atom. The topological polar surface area (TPSA) is 56.8 Å². The van der Waals surface area contributed by atoms with Crippen LogP contribution in [-0.2, 0) is 11.3 Å². The summed E-state index contributed by atoms with van der Waals surface area (Å²) in [5.74, 6) is 2.11. The number of carbonyl (C=O) groups is 1. The van der Waals surface area contributed by atoms with Crippen LogP contribution in [0.2, 0.25) is 0 Å². The highest BCUT2D eigenvalue weighted by molar-refractivity contribution is 5.76. The van der Waals surface area contributed by atoms with Gasteiger partial charge in [0.2, 0.25) is 5.91 Å². The van der Waals surface area contributed by atoms with Crippen LogP contribution in [0.25, 0.3) is 0 Å². The van der Waals surface area contributed by atoms with Gasteiger partial charge in [-0.15, -0.1) is 0 Å². The number of hydrogen-bond acceptors (Lipinski definition) is 4. The number of nitrogens with one attached hydrogen (secondary N) is 1. The Balaban J connectivity index is 1.79. The van der Waals surface area contributed by atoms with Crippen molar-refractivity contribution in [2.75, 3.05) is 20.3 Å². The summed E-state index contributed by atoms with van der Waals surface area (Å²) >= 11 is 0. The van der Waals surface area contributed by atoms with Crippen LogP contribution in [-0.4, -0.2) is 26.2 Å². The molecule has 2 rings (SSSR count). The van der Waals surface area contributed by atoms with Gasteiger partial charge in [0.25, 0.3) is 0 Å². The maximum atomic E-state index is 12.0. The number of amides is 1. The molecule has 5 heteroatoms. The second kappa shape index (κ2) is 9.70. The van der Waals surface area contributed by atoms with Gasteiger partial charge in [-0.2, -0.15) is 0 Å². The van der Waals surface area contributed by atoms with Gasteiger partial charge >= 0.3 is 0 Å². The van der Waals surface area contributed by atoms with Gasteiger partial charge in [0.15, 0.2) is 11.5 Å². The van der Waals surface area contributed by atoms with Crippen LogP contribution in [0.1, 0.15) is 30.0 Å². The Morgan fingerprint density at radius 3 is 2.38 bits per heavy atom. The molecule has 0 aromatic heterocycles. The normalized spacial score (nSPS) is 10.3. The zero-order valence-electron chi connectivity index (χ0n) is 15.9. The van der Waals surface area contributed by atoms with Crippen LogP contribution < -0.4 is 19.5 Å². The first-order valence-corrected chi connectivity index (χ1v) is 8.79. The van der Waals surface area contributed by atoms with Crippen molar-refractivity contribution in [1.82, 2.24) is 5.32 Å². The molecule has 140 valence electrons. The third kappa shape index (κ3) is 5.99. The van der Waals surface area contributed by atoms with E-state index in [0.717, 1.165) is 22.4 Å². The van der Waals surface area contributed by atoms with E-state index in [1.165, 1.54) is 0 Å². The smallest absolute Gasteiger partial charge is 0.223 e. The number of rotatable bonds is 9. The molecular weight excluding hydrogens is 330 g/mol. The molecule has 0 unspecified atom stereocenters. The van der Waals surface area contributed by atoms with Crippen molar-refractivity contribution in [3.8, 4) is 17.2 Å². The Kier molecular flexibility index (Phi) is 7.33. The van der Waals surface area contributed by atoms with E-state index in [9.17, 15) is 4.79 Å². The molecule has 0 heterocycles. The van der Waals surface area contributed by atoms with Crippen molar-refractivity contribution >= 4 is 5.91 Å². The quantitative estimate of drug-likeness (QED) is 0.742. The number of carbonyl (C=O) groups excluding carboxylic acids is 1. The van der Waals surface area contributed by atoms with Gasteiger partial charge in [-0.3, -0.25) is 4.79 Å². The molecule has 0 saturated heterocycles. The van der Waals surface area contributed by atoms with Crippen LogP contribution >= 0.6 is 0 Å². The summed E-state index contributed by atoms with van der Waals surface area (Å²) < 4.78 is 16.5. The molecule has 0 aliphatic heterocycles. The van der Waals surface area contributed by atoms with E-state index in [1.807, 2.05) is 51.1 Å². The molecule has 26 heavy (non-hydrogen) atoms. The monoisotopic (exact) mass is 357 g/mol. The summed E-state index contributed by atoms with van der Waals surface area (Å²) in [6.45, 7) is 7.34. The third-order valence-corrected chi connectivity index (χ3v) is 3.81. The van der Waals surface area contributed by atoms with Crippen LogP contribution in [0.15, 0.2) is 36.4 Å². The second-order valence-corrected chi connectivity index (χ2v) is 6.12. The van der Waals surface area contributed by atoms with E-state index in [4.69, 9.17) is 14.2 Å². The van der Waals surface area contributed by atoms with Crippen molar-refractivity contribution < 1.29 is 19.0 Å². The number of aryl methyl sites for hydroxylation is 2. The van der Waals surface area contributed by atoms with Gasteiger partial charge in [0, 0.05) is 6.54 Å². The second-order valence-electron chi connectivity index (χ2n) is 6.12. The first kappa shape index (κ1) is 19.6. The molecule has 0 aliphatic rings. The molecule has 2 aromatic rings. The lowest BCUT2D eigenvalue weighted by Crippen LogP contribution is -2.24.